The first kappa shape index (κ1) is 18.5. The Hall–Kier alpha value is -2.53. The van der Waals surface area contributed by atoms with E-state index in [1.165, 1.54) is 0 Å². The van der Waals surface area contributed by atoms with Gasteiger partial charge in [-0.2, -0.15) is 0 Å². The van der Waals surface area contributed by atoms with E-state index in [9.17, 15) is 9.90 Å². The lowest BCUT2D eigenvalue weighted by Crippen LogP contribution is -2.62. The van der Waals surface area contributed by atoms with E-state index in [1.807, 2.05) is 18.2 Å². The lowest BCUT2D eigenvalue weighted by atomic mass is 9.51. The van der Waals surface area contributed by atoms with Crippen molar-refractivity contribution in [2.45, 2.75) is 43.6 Å². The van der Waals surface area contributed by atoms with E-state index in [-0.39, 0.29) is 11.2 Å². The van der Waals surface area contributed by atoms with Gasteiger partial charge < -0.3 is 14.3 Å². The van der Waals surface area contributed by atoms with Crippen LogP contribution in [0.5, 0.6) is 11.5 Å². The van der Waals surface area contributed by atoms with Crippen molar-refractivity contribution in [3.8, 4) is 22.6 Å². The number of rotatable bonds is 4. The van der Waals surface area contributed by atoms with Crippen LogP contribution in [0.3, 0.4) is 0 Å². The van der Waals surface area contributed by atoms with Gasteiger partial charge >= 0.3 is 0 Å². The molecule has 0 radical (unpaired) electrons. The number of phenols is 1. The summed E-state index contributed by atoms with van der Waals surface area (Å²) < 4.78 is 10.9. The van der Waals surface area contributed by atoms with Crippen LogP contribution < -0.4 is 4.74 Å². The second kappa shape index (κ2) is 6.77. The molecule has 3 atom stereocenters. The molecule has 1 N–H and O–H groups in total. The minimum Gasteiger partial charge on any atom is -0.504 e. The SMILES string of the molecule is C=CCN1CC[C@@]23CC(=O)CCC2C1Cc1c(-c2ccoc2)cc(OC)c(O)c13. The van der Waals surface area contributed by atoms with Crippen LogP contribution in [0.4, 0.5) is 0 Å². The summed E-state index contributed by atoms with van der Waals surface area (Å²) in [5, 5.41) is 11.3. The maximum absolute atomic E-state index is 12.7. The quantitative estimate of drug-likeness (QED) is 0.793. The number of nitrogens with zero attached hydrogens (tertiary/aromatic N) is 1. The zero-order valence-electron chi connectivity index (χ0n) is 16.8. The van der Waals surface area contributed by atoms with E-state index in [0.29, 0.717) is 36.3 Å². The summed E-state index contributed by atoms with van der Waals surface area (Å²) in [5.74, 6) is 1.34. The fraction of sp³-hybridized carbons (Fsp3) is 0.458. The number of ketones is 1. The molecule has 5 rings (SSSR count). The zero-order valence-corrected chi connectivity index (χ0v) is 16.8. The fourth-order valence-electron chi connectivity index (χ4n) is 6.30. The highest BCUT2D eigenvalue weighted by Crippen LogP contribution is 2.60. The highest BCUT2D eigenvalue weighted by atomic mass is 16.5. The Kier molecular flexibility index (Phi) is 4.32. The van der Waals surface area contributed by atoms with Gasteiger partial charge in [-0.1, -0.05) is 6.08 Å². The number of hydrogen-bond donors (Lipinski definition) is 1. The van der Waals surface area contributed by atoms with E-state index in [4.69, 9.17) is 9.15 Å². The molecular weight excluding hydrogens is 366 g/mol. The van der Waals surface area contributed by atoms with Gasteiger partial charge in [0.25, 0.3) is 0 Å². The first-order valence-electron chi connectivity index (χ1n) is 10.4. The van der Waals surface area contributed by atoms with Crippen LogP contribution in [0.25, 0.3) is 11.1 Å². The lowest BCUT2D eigenvalue weighted by molar-refractivity contribution is -0.127. The molecule has 2 aromatic rings. The van der Waals surface area contributed by atoms with E-state index in [2.05, 4.69) is 11.5 Å². The molecule has 1 saturated heterocycles. The number of aromatic hydroxyl groups is 1. The largest absolute Gasteiger partial charge is 0.504 e. The second-order valence-electron chi connectivity index (χ2n) is 8.66. The predicted molar refractivity (Wildman–Crippen MR) is 110 cm³/mol. The number of furan rings is 1. The monoisotopic (exact) mass is 393 g/mol. The molecule has 5 nitrogen and oxygen atoms in total. The molecule has 2 heterocycles. The first-order valence-corrected chi connectivity index (χ1v) is 10.4. The van der Waals surface area contributed by atoms with Crippen molar-refractivity contribution >= 4 is 5.78 Å². The average molecular weight is 393 g/mol. The molecule has 0 spiro atoms. The first-order chi connectivity index (χ1) is 14.1. The third-order valence-electron chi connectivity index (χ3n) is 7.43. The molecule has 2 unspecified atom stereocenters. The van der Waals surface area contributed by atoms with Gasteiger partial charge in [-0.05, 0) is 55.0 Å². The number of ether oxygens (including phenoxy) is 1. The second-order valence-corrected chi connectivity index (χ2v) is 8.66. The van der Waals surface area contributed by atoms with Crippen LogP contribution >= 0.6 is 0 Å². The smallest absolute Gasteiger partial charge is 0.161 e. The molecule has 1 saturated carbocycles. The highest BCUT2D eigenvalue weighted by molar-refractivity contribution is 5.83. The van der Waals surface area contributed by atoms with E-state index in [1.54, 1.807) is 19.6 Å². The van der Waals surface area contributed by atoms with E-state index < -0.39 is 0 Å². The molecule has 3 aliphatic rings. The molecule has 29 heavy (non-hydrogen) atoms. The van der Waals surface area contributed by atoms with Crippen molar-refractivity contribution in [1.29, 1.82) is 0 Å². The van der Waals surface area contributed by atoms with Gasteiger partial charge in [0, 0.05) is 42.0 Å². The van der Waals surface area contributed by atoms with Crippen LogP contribution in [-0.2, 0) is 16.6 Å². The molecule has 152 valence electrons. The maximum Gasteiger partial charge on any atom is 0.161 e. The highest BCUT2D eigenvalue weighted by Gasteiger charge is 2.57. The van der Waals surface area contributed by atoms with Crippen molar-refractivity contribution in [3.05, 3.63) is 48.4 Å². The number of methoxy groups -OCH3 is 1. The summed E-state index contributed by atoms with van der Waals surface area (Å²) >= 11 is 0. The van der Waals surface area contributed by atoms with E-state index in [0.717, 1.165) is 54.6 Å². The Morgan fingerprint density at radius 2 is 2.34 bits per heavy atom. The van der Waals surface area contributed by atoms with Crippen LogP contribution in [0.1, 0.15) is 36.8 Å². The molecule has 2 aliphatic carbocycles. The normalized spacial score (nSPS) is 28.5. The number of phenolic OH excluding ortho intramolecular Hbond substituents is 1. The number of Topliss-reactive ketones (excluding diaryl/α,β-unsaturated/α-hetero) is 1. The molecule has 2 fully saturated rings. The number of likely N-dealkylation sites (tertiary alicyclic amines) is 1. The Morgan fingerprint density at radius 3 is 3.07 bits per heavy atom. The minimum atomic E-state index is -0.317. The molecule has 5 heteroatoms. The summed E-state index contributed by atoms with van der Waals surface area (Å²) in [4.78, 5) is 15.2. The van der Waals surface area contributed by atoms with Gasteiger partial charge in [-0.3, -0.25) is 9.69 Å². The summed E-state index contributed by atoms with van der Waals surface area (Å²) in [5.41, 5.74) is 3.77. The van der Waals surface area contributed by atoms with Gasteiger partial charge in [-0.25, -0.2) is 0 Å². The van der Waals surface area contributed by atoms with Crippen LogP contribution in [0.2, 0.25) is 0 Å². The van der Waals surface area contributed by atoms with Crippen molar-refractivity contribution in [3.63, 3.8) is 0 Å². The van der Waals surface area contributed by atoms with Crippen molar-refractivity contribution in [2.75, 3.05) is 20.2 Å². The van der Waals surface area contributed by atoms with Gasteiger partial charge in [0.1, 0.15) is 5.78 Å². The number of benzene rings is 1. The number of carbonyl (C=O) groups is 1. The standard InChI is InChI=1S/C24H27NO4/c1-3-8-25-9-7-24-13-16(26)4-5-19(24)20(25)11-18-17(15-6-10-29-14-15)12-21(28-2)23(27)22(18)24/h3,6,10,12,14,19-20,27H,1,4-5,7-9,11,13H2,2H3/t19?,20?,24-/m1/s1. The topological polar surface area (TPSA) is 62.9 Å². The number of fused-ring (bicyclic) bond motifs is 1. The van der Waals surface area contributed by atoms with Crippen molar-refractivity contribution < 1.29 is 19.1 Å². The Bertz CT molecular complexity index is 964. The molecule has 2 bridgehead atoms. The van der Waals surface area contributed by atoms with Gasteiger partial charge in [-0.15, -0.1) is 6.58 Å². The van der Waals surface area contributed by atoms with Crippen molar-refractivity contribution in [2.24, 2.45) is 5.92 Å². The number of piperidine rings is 1. The maximum atomic E-state index is 12.7. The molecule has 1 aliphatic heterocycles. The minimum absolute atomic E-state index is 0.213. The molecule has 1 aromatic carbocycles. The van der Waals surface area contributed by atoms with Crippen LogP contribution in [-0.4, -0.2) is 42.0 Å². The molecule has 0 amide bonds. The predicted octanol–water partition coefficient (Wildman–Crippen LogP) is 4.08. The lowest BCUT2D eigenvalue weighted by Gasteiger charge is -2.58. The third-order valence-corrected chi connectivity index (χ3v) is 7.43. The van der Waals surface area contributed by atoms with Crippen LogP contribution in [0, 0.1) is 5.92 Å². The summed E-state index contributed by atoms with van der Waals surface area (Å²) in [6.45, 7) is 5.71. The summed E-state index contributed by atoms with van der Waals surface area (Å²) in [6, 6.07) is 4.20. The fourth-order valence-corrected chi connectivity index (χ4v) is 6.30. The van der Waals surface area contributed by atoms with Crippen molar-refractivity contribution in [1.82, 2.24) is 4.90 Å². The third kappa shape index (κ3) is 2.60. The summed E-state index contributed by atoms with van der Waals surface area (Å²) in [6.07, 6.45) is 9.12. The zero-order chi connectivity index (χ0) is 20.2. The Labute approximate surface area is 171 Å². The molecule has 1 aromatic heterocycles. The van der Waals surface area contributed by atoms with E-state index >= 15 is 0 Å². The van der Waals surface area contributed by atoms with Gasteiger partial charge in [0.2, 0.25) is 0 Å². The van der Waals surface area contributed by atoms with Crippen LogP contribution in [0.15, 0.2) is 41.7 Å². The number of carbonyl (C=O) groups excluding carboxylic acids is 1. The molecular formula is C24H27NO4. The average Bonchev–Trinajstić information content (AvgIpc) is 3.24. The van der Waals surface area contributed by atoms with Gasteiger partial charge in [0.05, 0.1) is 19.6 Å². The Balaban J connectivity index is 1.78. The van der Waals surface area contributed by atoms with Gasteiger partial charge in [0.15, 0.2) is 11.5 Å². The Morgan fingerprint density at radius 1 is 1.48 bits per heavy atom. The summed E-state index contributed by atoms with van der Waals surface area (Å²) in [7, 11) is 1.58. The number of hydrogen-bond acceptors (Lipinski definition) is 5.